The Hall–Kier alpha value is -3.02. The summed E-state index contributed by atoms with van der Waals surface area (Å²) in [5, 5.41) is 0. The summed E-state index contributed by atoms with van der Waals surface area (Å²) < 4.78 is 11.0. The van der Waals surface area contributed by atoms with E-state index in [2.05, 4.69) is 0 Å². The summed E-state index contributed by atoms with van der Waals surface area (Å²) in [6, 6.07) is 14.5. The van der Waals surface area contributed by atoms with Crippen LogP contribution in [0.5, 0.6) is 11.5 Å². The van der Waals surface area contributed by atoms with Crippen LogP contribution in [0.3, 0.4) is 0 Å². The lowest BCUT2D eigenvalue weighted by Gasteiger charge is -2.26. The first-order chi connectivity index (χ1) is 12.1. The molecule has 6 nitrogen and oxygen atoms in total. The number of para-hydroxylation sites is 1. The maximum Gasteiger partial charge on any atom is 0.246 e. The van der Waals surface area contributed by atoms with E-state index in [1.165, 1.54) is 16.7 Å². The van der Waals surface area contributed by atoms with Crippen molar-refractivity contribution in [3.05, 3.63) is 48.5 Å². The maximum atomic E-state index is 12.6. The quantitative estimate of drug-likeness (QED) is 0.858. The molecule has 0 fully saturated rings. The monoisotopic (exact) mass is 340 g/mol. The highest BCUT2D eigenvalue weighted by Crippen LogP contribution is 2.34. The second kappa shape index (κ2) is 7.25. The number of carbonyl (C=O) groups is 2. The van der Waals surface area contributed by atoms with Crippen LogP contribution in [-0.4, -0.2) is 38.6 Å². The van der Waals surface area contributed by atoms with Gasteiger partial charge in [-0.3, -0.25) is 9.59 Å². The van der Waals surface area contributed by atoms with Gasteiger partial charge in [-0.1, -0.05) is 18.2 Å². The molecule has 2 amide bonds. The fraction of sp³-hybridized carbons (Fsp3) is 0.263. The molecular formula is C19H20N2O4. The standard InChI is InChI=1S/C19H20N2O4/c1-14(22)21(13-19(23)20(2)15-6-4-3-5-7-15)16-8-9-17-18(12-16)25-11-10-24-17/h3-9,12H,10-11,13H2,1-2H3. The Morgan fingerprint density at radius 2 is 1.64 bits per heavy atom. The van der Waals surface area contributed by atoms with Crippen LogP contribution in [0, 0.1) is 0 Å². The summed E-state index contributed by atoms with van der Waals surface area (Å²) in [7, 11) is 1.69. The number of likely N-dealkylation sites (N-methyl/N-ethyl adjacent to an activating group) is 1. The lowest BCUT2D eigenvalue weighted by atomic mass is 10.2. The predicted molar refractivity (Wildman–Crippen MR) is 95.3 cm³/mol. The lowest BCUT2D eigenvalue weighted by Crippen LogP contribution is -2.40. The molecule has 1 heterocycles. The number of carbonyl (C=O) groups excluding carboxylic acids is 2. The van der Waals surface area contributed by atoms with Gasteiger partial charge < -0.3 is 19.3 Å². The Labute approximate surface area is 146 Å². The fourth-order valence-electron chi connectivity index (χ4n) is 2.62. The van der Waals surface area contributed by atoms with Gasteiger partial charge in [0, 0.05) is 31.4 Å². The molecule has 6 heteroatoms. The van der Waals surface area contributed by atoms with Crippen LogP contribution in [0.15, 0.2) is 48.5 Å². The number of fused-ring (bicyclic) bond motifs is 1. The average molecular weight is 340 g/mol. The molecule has 0 spiro atoms. The van der Waals surface area contributed by atoms with Crippen molar-refractivity contribution in [3.8, 4) is 11.5 Å². The minimum atomic E-state index is -0.216. The van der Waals surface area contributed by atoms with Gasteiger partial charge >= 0.3 is 0 Å². The average Bonchev–Trinajstić information content (AvgIpc) is 2.65. The van der Waals surface area contributed by atoms with Crippen LogP contribution in [0.25, 0.3) is 0 Å². The normalized spacial score (nSPS) is 12.4. The molecule has 0 aromatic heterocycles. The summed E-state index contributed by atoms with van der Waals surface area (Å²) in [6.45, 7) is 2.35. The molecule has 0 N–H and O–H groups in total. The summed E-state index contributed by atoms with van der Waals surface area (Å²) >= 11 is 0. The number of nitrogens with zero attached hydrogens (tertiary/aromatic N) is 2. The SMILES string of the molecule is CC(=O)N(CC(=O)N(C)c1ccccc1)c1ccc2c(c1)OCCO2. The van der Waals surface area contributed by atoms with Gasteiger partial charge in [0.15, 0.2) is 11.5 Å². The Morgan fingerprint density at radius 3 is 2.32 bits per heavy atom. The van der Waals surface area contributed by atoms with E-state index in [-0.39, 0.29) is 18.4 Å². The fourth-order valence-corrected chi connectivity index (χ4v) is 2.62. The Kier molecular flexibility index (Phi) is 4.88. The molecule has 130 valence electrons. The van der Waals surface area contributed by atoms with E-state index in [0.717, 1.165) is 5.69 Å². The van der Waals surface area contributed by atoms with Gasteiger partial charge in [0.05, 0.1) is 0 Å². The van der Waals surface area contributed by atoms with E-state index in [0.29, 0.717) is 30.4 Å². The minimum Gasteiger partial charge on any atom is -0.486 e. The zero-order valence-electron chi connectivity index (χ0n) is 14.3. The van der Waals surface area contributed by atoms with Gasteiger partial charge in [0.1, 0.15) is 19.8 Å². The number of rotatable bonds is 4. The first-order valence-corrected chi connectivity index (χ1v) is 8.05. The second-order valence-corrected chi connectivity index (χ2v) is 5.72. The number of amides is 2. The summed E-state index contributed by atoms with van der Waals surface area (Å²) in [4.78, 5) is 27.7. The summed E-state index contributed by atoms with van der Waals surface area (Å²) in [5.74, 6) is 0.827. The predicted octanol–water partition coefficient (Wildman–Crippen LogP) is 2.47. The van der Waals surface area contributed by atoms with Gasteiger partial charge in [-0.05, 0) is 24.3 Å². The van der Waals surface area contributed by atoms with E-state index in [9.17, 15) is 9.59 Å². The topological polar surface area (TPSA) is 59.1 Å². The lowest BCUT2D eigenvalue weighted by molar-refractivity contribution is -0.121. The zero-order valence-corrected chi connectivity index (χ0v) is 14.3. The van der Waals surface area contributed by atoms with Crippen molar-refractivity contribution in [1.29, 1.82) is 0 Å². The van der Waals surface area contributed by atoms with Crippen LogP contribution in [0.1, 0.15) is 6.92 Å². The maximum absolute atomic E-state index is 12.6. The van der Waals surface area contributed by atoms with Gasteiger partial charge in [-0.15, -0.1) is 0 Å². The first kappa shape index (κ1) is 16.8. The van der Waals surface area contributed by atoms with Gasteiger partial charge in [0.2, 0.25) is 11.8 Å². The molecule has 1 aliphatic rings. The van der Waals surface area contributed by atoms with E-state index in [1.54, 1.807) is 25.2 Å². The van der Waals surface area contributed by atoms with Crippen LogP contribution in [0.4, 0.5) is 11.4 Å². The molecule has 0 saturated heterocycles. The highest BCUT2D eigenvalue weighted by atomic mass is 16.6. The van der Waals surface area contributed by atoms with Gasteiger partial charge in [-0.2, -0.15) is 0 Å². The largest absolute Gasteiger partial charge is 0.486 e. The third kappa shape index (κ3) is 3.74. The number of hydrogen-bond acceptors (Lipinski definition) is 4. The van der Waals surface area contributed by atoms with Crippen LogP contribution < -0.4 is 19.3 Å². The number of hydrogen-bond donors (Lipinski definition) is 0. The Bertz CT molecular complexity index is 776. The van der Waals surface area contributed by atoms with Crippen LogP contribution in [-0.2, 0) is 9.59 Å². The molecule has 3 rings (SSSR count). The summed E-state index contributed by atoms with van der Waals surface area (Å²) in [5.41, 5.74) is 1.38. The van der Waals surface area contributed by atoms with Gasteiger partial charge in [0.25, 0.3) is 0 Å². The molecule has 0 bridgehead atoms. The van der Waals surface area contributed by atoms with Crippen molar-refractivity contribution < 1.29 is 19.1 Å². The van der Waals surface area contributed by atoms with E-state index in [4.69, 9.17) is 9.47 Å². The van der Waals surface area contributed by atoms with E-state index in [1.807, 2.05) is 30.3 Å². The number of anilines is 2. The van der Waals surface area contributed by atoms with Crippen molar-refractivity contribution in [2.24, 2.45) is 0 Å². The van der Waals surface area contributed by atoms with Gasteiger partial charge in [-0.25, -0.2) is 0 Å². The number of ether oxygens (including phenoxy) is 2. The molecule has 0 aliphatic carbocycles. The molecule has 2 aromatic carbocycles. The van der Waals surface area contributed by atoms with Crippen molar-refractivity contribution in [1.82, 2.24) is 0 Å². The van der Waals surface area contributed by atoms with Crippen LogP contribution in [0.2, 0.25) is 0 Å². The van der Waals surface area contributed by atoms with Crippen molar-refractivity contribution >= 4 is 23.2 Å². The Morgan fingerprint density at radius 1 is 0.960 bits per heavy atom. The Balaban J connectivity index is 1.80. The first-order valence-electron chi connectivity index (χ1n) is 8.05. The zero-order chi connectivity index (χ0) is 17.8. The molecule has 0 unspecified atom stereocenters. The summed E-state index contributed by atoms with van der Waals surface area (Å²) in [6.07, 6.45) is 0. The molecule has 1 aliphatic heterocycles. The number of benzene rings is 2. The third-order valence-electron chi connectivity index (χ3n) is 4.03. The molecule has 0 atom stereocenters. The van der Waals surface area contributed by atoms with E-state index < -0.39 is 0 Å². The van der Waals surface area contributed by atoms with Crippen LogP contribution >= 0.6 is 0 Å². The molecule has 0 saturated carbocycles. The molecule has 0 radical (unpaired) electrons. The highest BCUT2D eigenvalue weighted by molar-refractivity contribution is 6.02. The minimum absolute atomic E-state index is 0.0552. The van der Waals surface area contributed by atoms with Crippen molar-refractivity contribution in [3.63, 3.8) is 0 Å². The van der Waals surface area contributed by atoms with Crippen molar-refractivity contribution in [2.75, 3.05) is 36.6 Å². The highest BCUT2D eigenvalue weighted by Gasteiger charge is 2.21. The van der Waals surface area contributed by atoms with E-state index >= 15 is 0 Å². The molecular weight excluding hydrogens is 320 g/mol. The second-order valence-electron chi connectivity index (χ2n) is 5.72. The van der Waals surface area contributed by atoms with Crippen molar-refractivity contribution in [2.45, 2.75) is 6.92 Å². The third-order valence-corrected chi connectivity index (χ3v) is 4.03. The molecule has 2 aromatic rings. The molecule has 25 heavy (non-hydrogen) atoms. The smallest absolute Gasteiger partial charge is 0.246 e.